The SMILES string of the molecule is COC(=O)[C@](C)(N)CCC#N.Cl. The first kappa shape index (κ1) is 13.8. The number of carbonyl (C=O) groups excluding carboxylic acids is 1. The summed E-state index contributed by atoms with van der Waals surface area (Å²) in [6, 6.07) is 1.91. The summed E-state index contributed by atoms with van der Waals surface area (Å²) in [6.07, 6.45) is 0.596. The van der Waals surface area contributed by atoms with Crippen LogP contribution in [0.4, 0.5) is 0 Å². The molecular weight excluding hydrogens is 180 g/mol. The summed E-state index contributed by atoms with van der Waals surface area (Å²) in [5, 5.41) is 8.23. The van der Waals surface area contributed by atoms with Crippen LogP contribution in [-0.2, 0) is 9.53 Å². The van der Waals surface area contributed by atoms with E-state index >= 15 is 0 Å². The molecule has 0 saturated carbocycles. The zero-order valence-electron chi connectivity index (χ0n) is 7.16. The van der Waals surface area contributed by atoms with Gasteiger partial charge >= 0.3 is 5.97 Å². The molecule has 0 aliphatic carbocycles. The number of ether oxygens (including phenoxy) is 1. The predicted octanol–water partition coefficient (Wildman–Crippen LogP) is 0.602. The second-order valence-corrected chi connectivity index (χ2v) is 2.57. The van der Waals surface area contributed by atoms with Crippen LogP contribution in [0.1, 0.15) is 19.8 Å². The van der Waals surface area contributed by atoms with Crippen LogP contribution in [0, 0.1) is 11.3 Å². The fourth-order valence-electron chi connectivity index (χ4n) is 0.651. The van der Waals surface area contributed by atoms with Gasteiger partial charge in [-0.15, -0.1) is 12.4 Å². The van der Waals surface area contributed by atoms with E-state index in [0.717, 1.165) is 0 Å². The monoisotopic (exact) mass is 192 g/mol. The summed E-state index contributed by atoms with van der Waals surface area (Å²) in [5.74, 6) is -0.479. The molecule has 0 aliphatic heterocycles. The molecule has 0 aromatic heterocycles. The number of rotatable bonds is 3. The van der Waals surface area contributed by atoms with Crippen LogP contribution in [0.3, 0.4) is 0 Å². The zero-order chi connectivity index (χ0) is 8.91. The minimum absolute atomic E-state index is 0. The predicted molar refractivity (Wildman–Crippen MR) is 46.7 cm³/mol. The van der Waals surface area contributed by atoms with Crippen LogP contribution in [0.15, 0.2) is 0 Å². The number of nitrogens with zero attached hydrogens (tertiary/aromatic N) is 1. The first-order valence-corrected chi connectivity index (χ1v) is 3.29. The molecule has 1 atom stereocenters. The molecule has 5 heteroatoms. The maximum absolute atomic E-state index is 10.9. The molecule has 0 heterocycles. The van der Waals surface area contributed by atoms with E-state index < -0.39 is 11.5 Å². The topological polar surface area (TPSA) is 76.1 Å². The van der Waals surface area contributed by atoms with E-state index in [9.17, 15) is 4.79 Å². The molecule has 0 aromatic rings. The number of methoxy groups -OCH3 is 1. The molecule has 0 aromatic carbocycles. The van der Waals surface area contributed by atoms with Crippen molar-refractivity contribution in [3.63, 3.8) is 0 Å². The van der Waals surface area contributed by atoms with Gasteiger partial charge in [-0.2, -0.15) is 5.26 Å². The van der Waals surface area contributed by atoms with Gasteiger partial charge in [-0.05, 0) is 13.3 Å². The number of esters is 1. The Kier molecular flexibility index (Phi) is 6.67. The van der Waals surface area contributed by atoms with Crippen molar-refractivity contribution < 1.29 is 9.53 Å². The molecule has 0 rings (SSSR count). The molecule has 0 unspecified atom stereocenters. The van der Waals surface area contributed by atoms with E-state index in [4.69, 9.17) is 11.0 Å². The van der Waals surface area contributed by atoms with Gasteiger partial charge in [0, 0.05) is 6.42 Å². The third-order valence-corrected chi connectivity index (χ3v) is 1.41. The van der Waals surface area contributed by atoms with Crippen LogP contribution in [0.2, 0.25) is 0 Å². The van der Waals surface area contributed by atoms with Crippen molar-refractivity contribution in [1.29, 1.82) is 5.26 Å². The molecule has 0 aliphatic rings. The van der Waals surface area contributed by atoms with Gasteiger partial charge in [0.2, 0.25) is 0 Å². The summed E-state index contributed by atoms with van der Waals surface area (Å²) in [7, 11) is 1.28. The highest BCUT2D eigenvalue weighted by Gasteiger charge is 2.28. The second kappa shape index (κ2) is 5.81. The molecule has 70 valence electrons. The lowest BCUT2D eigenvalue weighted by Gasteiger charge is -2.19. The minimum atomic E-state index is -1.02. The molecule has 12 heavy (non-hydrogen) atoms. The van der Waals surface area contributed by atoms with E-state index in [1.54, 1.807) is 6.92 Å². The van der Waals surface area contributed by atoms with Gasteiger partial charge in [0.1, 0.15) is 5.54 Å². The van der Waals surface area contributed by atoms with Crippen LogP contribution >= 0.6 is 12.4 Å². The quantitative estimate of drug-likeness (QED) is 0.665. The highest BCUT2D eigenvalue weighted by molar-refractivity contribution is 5.85. The van der Waals surface area contributed by atoms with Gasteiger partial charge in [-0.1, -0.05) is 0 Å². The van der Waals surface area contributed by atoms with Crippen molar-refractivity contribution in [2.24, 2.45) is 5.73 Å². The first-order chi connectivity index (χ1) is 5.04. The zero-order valence-corrected chi connectivity index (χ0v) is 7.98. The van der Waals surface area contributed by atoms with E-state index in [-0.39, 0.29) is 18.8 Å². The second-order valence-electron chi connectivity index (χ2n) is 2.57. The van der Waals surface area contributed by atoms with Gasteiger partial charge in [0.05, 0.1) is 13.2 Å². The van der Waals surface area contributed by atoms with Crippen LogP contribution in [-0.4, -0.2) is 18.6 Å². The van der Waals surface area contributed by atoms with E-state index in [0.29, 0.717) is 6.42 Å². The summed E-state index contributed by atoms with van der Waals surface area (Å²) in [4.78, 5) is 10.9. The van der Waals surface area contributed by atoms with Crippen molar-refractivity contribution >= 4 is 18.4 Å². The largest absolute Gasteiger partial charge is 0.468 e. The van der Waals surface area contributed by atoms with Crippen molar-refractivity contribution in [2.45, 2.75) is 25.3 Å². The van der Waals surface area contributed by atoms with Gasteiger partial charge in [0.25, 0.3) is 0 Å². The maximum Gasteiger partial charge on any atom is 0.325 e. The lowest BCUT2D eigenvalue weighted by Crippen LogP contribution is -2.45. The lowest BCUT2D eigenvalue weighted by molar-refractivity contribution is -0.146. The van der Waals surface area contributed by atoms with E-state index in [2.05, 4.69) is 4.74 Å². The standard InChI is InChI=1S/C7H12N2O2.ClH/c1-7(9,4-3-5-8)6(10)11-2;/h3-4,9H2,1-2H3;1H/t7-;/m1./s1. The molecule has 0 amide bonds. The van der Waals surface area contributed by atoms with Crippen LogP contribution < -0.4 is 5.73 Å². The summed E-state index contributed by atoms with van der Waals surface area (Å²) in [6.45, 7) is 1.55. The lowest BCUT2D eigenvalue weighted by atomic mass is 9.98. The number of hydrogen-bond donors (Lipinski definition) is 1. The molecular formula is C7H13ClN2O2. The van der Waals surface area contributed by atoms with Gasteiger partial charge in [-0.25, -0.2) is 0 Å². The van der Waals surface area contributed by atoms with Crippen molar-refractivity contribution in [3.05, 3.63) is 0 Å². The smallest absolute Gasteiger partial charge is 0.325 e. The summed E-state index contributed by atoms with van der Waals surface area (Å²) >= 11 is 0. The average Bonchev–Trinajstić information content (AvgIpc) is 1.99. The number of nitriles is 1. The third-order valence-electron chi connectivity index (χ3n) is 1.41. The number of hydrogen-bond acceptors (Lipinski definition) is 4. The molecule has 0 bridgehead atoms. The van der Waals surface area contributed by atoms with Crippen LogP contribution in [0.5, 0.6) is 0 Å². The Balaban J connectivity index is 0. The summed E-state index contributed by atoms with van der Waals surface area (Å²) < 4.78 is 4.44. The number of nitrogens with two attached hydrogens (primary N) is 1. The normalized spacial score (nSPS) is 13.5. The van der Waals surface area contributed by atoms with E-state index in [1.807, 2.05) is 6.07 Å². The average molecular weight is 193 g/mol. The number of carbonyl (C=O) groups is 1. The molecule has 4 nitrogen and oxygen atoms in total. The first-order valence-electron chi connectivity index (χ1n) is 3.29. The maximum atomic E-state index is 10.9. The number of halogens is 1. The molecule has 2 N–H and O–H groups in total. The molecule has 0 radical (unpaired) electrons. The van der Waals surface area contributed by atoms with Crippen molar-refractivity contribution in [1.82, 2.24) is 0 Å². The highest BCUT2D eigenvalue weighted by atomic mass is 35.5. The Morgan fingerprint density at radius 3 is 2.58 bits per heavy atom. The minimum Gasteiger partial charge on any atom is -0.468 e. The van der Waals surface area contributed by atoms with E-state index in [1.165, 1.54) is 7.11 Å². The van der Waals surface area contributed by atoms with Crippen molar-refractivity contribution in [3.8, 4) is 6.07 Å². The Morgan fingerprint density at radius 2 is 2.25 bits per heavy atom. The molecule has 0 fully saturated rings. The fourth-order valence-corrected chi connectivity index (χ4v) is 0.651. The third kappa shape index (κ3) is 4.16. The Hall–Kier alpha value is -0.790. The van der Waals surface area contributed by atoms with Gasteiger partial charge in [-0.3, -0.25) is 4.79 Å². The Morgan fingerprint density at radius 1 is 1.75 bits per heavy atom. The van der Waals surface area contributed by atoms with Crippen molar-refractivity contribution in [2.75, 3.05) is 7.11 Å². The van der Waals surface area contributed by atoms with Gasteiger partial charge < -0.3 is 10.5 Å². The summed E-state index contributed by atoms with van der Waals surface area (Å²) in [5.41, 5.74) is 4.51. The molecule has 0 saturated heterocycles. The Labute approximate surface area is 78.1 Å². The fraction of sp³-hybridized carbons (Fsp3) is 0.714. The van der Waals surface area contributed by atoms with Crippen LogP contribution in [0.25, 0.3) is 0 Å². The molecule has 0 spiro atoms. The highest BCUT2D eigenvalue weighted by Crippen LogP contribution is 2.09. The Bertz CT molecular complexity index is 186. The van der Waals surface area contributed by atoms with Gasteiger partial charge in [0.15, 0.2) is 0 Å².